The van der Waals surface area contributed by atoms with E-state index in [1.54, 1.807) is 6.92 Å². The topological polar surface area (TPSA) is 112 Å². The van der Waals surface area contributed by atoms with E-state index in [0.29, 0.717) is 12.0 Å². The zero-order valence-corrected chi connectivity index (χ0v) is 16.8. The number of hydrogen-bond donors (Lipinski definition) is 2. The molecule has 8 nitrogen and oxygen atoms in total. The van der Waals surface area contributed by atoms with Crippen LogP contribution in [0.15, 0.2) is 24.3 Å². The van der Waals surface area contributed by atoms with Gasteiger partial charge in [0.1, 0.15) is 28.4 Å². The molecule has 0 heterocycles. The van der Waals surface area contributed by atoms with Gasteiger partial charge in [0.2, 0.25) is 0 Å². The van der Waals surface area contributed by atoms with Crippen molar-refractivity contribution in [3.8, 4) is 28.7 Å². The Balaban J connectivity index is 2.57. The number of methoxy groups -OCH3 is 2. The summed E-state index contributed by atoms with van der Waals surface area (Å²) >= 11 is 0. The van der Waals surface area contributed by atoms with Gasteiger partial charge in [0, 0.05) is 6.07 Å². The minimum atomic E-state index is -0.779. The lowest BCUT2D eigenvalue weighted by molar-refractivity contribution is 0.0493. The molecule has 0 saturated carbocycles. The largest absolute Gasteiger partial charge is 0.508 e. The van der Waals surface area contributed by atoms with Gasteiger partial charge in [-0.2, -0.15) is 0 Å². The molecule has 0 atom stereocenters. The molecule has 8 heteroatoms. The molecule has 0 saturated heterocycles. The Morgan fingerprint density at radius 2 is 1.72 bits per heavy atom. The number of unbranched alkanes of at least 4 members (excludes halogenated alkanes) is 1. The van der Waals surface area contributed by atoms with E-state index in [1.807, 2.05) is 6.92 Å². The normalized spacial score (nSPS) is 10.3. The summed E-state index contributed by atoms with van der Waals surface area (Å²) in [6.45, 7) is 3.85. The van der Waals surface area contributed by atoms with Gasteiger partial charge in [-0.3, -0.25) is 0 Å². The molecular weight excluding hydrogens is 380 g/mol. The van der Waals surface area contributed by atoms with Crippen LogP contribution in [0.4, 0.5) is 0 Å². The van der Waals surface area contributed by atoms with Crippen LogP contribution in [0, 0.1) is 6.92 Å². The minimum absolute atomic E-state index is 0.0295. The quantitative estimate of drug-likeness (QED) is 0.502. The van der Waals surface area contributed by atoms with Gasteiger partial charge in [0.25, 0.3) is 0 Å². The summed E-state index contributed by atoms with van der Waals surface area (Å²) in [7, 11) is 2.51. The molecule has 0 spiro atoms. The highest BCUT2D eigenvalue weighted by Gasteiger charge is 2.25. The van der Waals surface area contributed by atoms with Crippen LogP contribution in [-0.2, 0) is 9.47 Å². The molecule has 0 aliphatic heterocycles. The summed E-state index contributed by atoms with van der Waals surface area (Å²) in [4.78, 5) is 24.7. The molecule has 0 bridgehead atoms. The summed E-state index contributed by atoms with van der Waals surface area (Å²) < 4.78 is 21.0. The molecule has 0 radical (unpaired) electrons. The number of carbonyl (C=O) groups excluding carboxylic acids is 2. The number of phenolic OH excluding ortho intramolecular Hbond substituents is 2. The fourth-order valence-corrected chi connectivity index (χ4v) is 2.62. The van der Waals surface area contributed by atoms with Crippen molar-refractivity contribution < 1.29 is 38.7 Å². The van der Waals surface area contributed by atoms with Crippen molar-refractivity contribution in [2.75, 3.05) is 20.8 Å². The van der Waals surface area contributed by atoms with E-state index in [9.17, 15) is 19.8 Å². The van der Waals surface area contributed by atoms with E-state index in [2.05, 4.69) is 0 Å². The third-order valence-corrected chi connectivity index (χ3v) is 4.04. The van der Waals surface area contributed by atoms with Crippen molar-refractivity contribution in [2.24, 2.45) is 0 Å². The van der Waals surface area contributed by atoms with Gasteiger partial charge in [-0.05, 0) is 37.1 Å². The fraction of sp³-hybridized carbons (Fsp3) is 0.333. The molecule has 0 unspecified atom stereocenters. The van der Waals surface area contributed by atoms with Crippen molar-refractivity contribution in [1.82, 2.24) is 0 Å². The van der Waals surface area contributed by atoms with Gasteiger partial charge in [-0.15, -0.1) is 0 Å². The number of hydrogen-bond acceptors (Lipinski definition) is 8. The molecule has 2 aromatic carbocycles. The molecule has 2 aromatic rings. The predicted octanol–water partition coefficient (Wildman–Crippen LogP) is 3.95. The lowest BCUT2D eigenvalue weighted by Gasteiger charge is -2.17. The van der Waals surface area contributed by atoms with E-state index in [-0.39, 0.29) is 46.5 Å². The van der Waals surface area contributed by atoms with E-state index in [0.717, 1.165) is 12.5 Å². The molecule has 0 aliphatic carbocycles. The Hall–Kier alpha value is -3.42. The Labute approximate surface area is 168 Å². The van der Waals surface area contributed by atoms with Crippen molar-refractivity contribution in [2.45, 2.75) is 26.7 Å². The maximum absolute atomic E-state index is 12.5. The van der Waals surface area contributed by atoms with Crippen LogP contribution in [0.5, 0.6) is 28.7 Å². The summed E-state index contributed by atoms with van der Waals surface area (Å²) in [5, 5.41) is 20.2. The fourth-order valence-electron chi connectivity index (χ4n) is 2.62. The molecule has 0 aliphatic rings. The maximum Gasteiger partial charge on any atom is 0.345 e. The number of benzene rings is 2. The highest BCUT2D eigenvalue weighted by molar-refractivity contribution is 5.97. The average Bonchev–Trinajstić information content (AvgIpc) is 2.67. The molecule has 2 rings (SSSR count). The molecule has 156 valence electrons. The van der Waals surface area contributed by atoms with E-state index in [1.165, 1.54) is 32.4 Å². The Bertz CT molecular complexity index is 904. The SMILES string of the molecule is CCCCOC(=O)c1c(O)cc(C)cc1Oc1c(OC)cc(O)cc1C(=O)OC. The first-order valence-electron chi connectivity index (χ1n) is 9.00. The third kappa shape index (κ3) is 5.10. The third-order valence-electron chi connectivity index (χ3n) is 4.04. The van der Waals surface area contributed by atoms with Gasteiger partial charge in [0.15, 0.2) is 11.5 Å². The number of aromatic hydroxyl groups is 2. The first kappa shape index (κ1) is 21.9. The number of esters is 2. The molecular formula is C21H24O8. The monoisotopic (exact) mass is 404 g/mol. The van der Waals surface area contributed by atoms with Gasteiger partial charge in [-0.25, -0.2) is 9.59 Å². The average molecular weight is 404 g/mol. The maximum atomic E-state index is 12.5. The first-order valence-corrected chi connectivity index (χ1v) is 9.00. The first-order chi connectivity index (χ1) is 13.8. The Kier molecular flexibility index (Phi) is 7.30. The summed E-state index contributed by atoms with van der Waals surface area (Å²) in [5.74, 6) is -2.17. The van der Waals surface area contributed by atoms with Gasteiger partial charge < -0.3 is 29.2 Å². The second kappa shape index (κ2) is 9.68. The molecule has 0 fully saturated rings. The van der Waals surface area contributed by atoms with Crippen molar-refractivity contribution in [3.63, 3.8) is 0 Å². The van der Waals surface area contributed by atoms with Crippen LogP contribution in [0.25, 0.3) is 0 Å². The second-order valence-corrected chi connectivity index (χ2v) is 6.27. The standard InChI is InChI=1S/C21H24O8/c1-5-6-7-28-21(25)18-15(23)8-12(2)9-16(18)29-19-14(20(24)27-4)10-13(22)11-17(19)26-3/h8-11,22-23H,5-7H2,1-4H3. The predicted molar refractivity (Wildman–Crippen MR) is 104 cm³/mol. The highest BCUT2D eigenvalue weighted by atomic mass is 16.5. The van der Waals surface area contributed by atoms with E-state index in [4.69, 9.17) is 18.9 Å². The number of phenols is 2. The van der Waals surface area contributed by atoms with Crippen LogP contribution in [0.3, 0.4) is 0 Å². The van der Waals surface area contributed by atoms with E-state index >= 15 is 0 Å². The van der Waals surface area contributed by atoms with Gasteiger partial charge >= 0.3 is 11.9 Å². The molecule has 0 aromatic heterocycles. The lowest BCUT2D eigenvalue weighted by Crippen LogP contribution is -2.10. The van der Waals surface area contributed by atoms with Crippen LogP contribution >= 0.6 is 0 Å². The van der Waals surface area contributed by atoms with Crippen molar-refractivity contribution in [3.05, 3.63) is 41.0 Å². The van der Waals surface area contributed by atoms with Crippen LogP contribution in [0.2, 0.25) is 0 Å². The summed E-state index contributed by atoms with van der Waals surface area (Å²) in [6.07, 6.45) is 1.51. The molecule has 0 amide bonds. The smallest absolute Gasteiger partial charge is 0.345 e. The van der Waals surface area contributed by atoms with Crippen LogP contribution in [0.1, 0.15) is 46.0 Å². The van der Waals surface area contributed by atoms with Gasteiger partial charge in [-0.1, -0.05) is 13.3 Å². The Morgan fingerprint density at radius 1 is 1.00 bits per heavy atom. The summed E-state index contributed by atoms with van der Waals surface area (Å²) in [6, 6.07) is 5.32. The zero-order valence-electron chi connectivity index (χ0n) is 16.8. The van der Waals surface area contributed by atoms with Crippen molar-refractivity contribution in [1.29, 1.82) is 0 Å². The number of aryl methyl sites for hydroxylation is 1. The molecule has 2 N–H and O–H groups in total. The van der Waals surface area contributed by atoms with Crippen LogP contribution < -0.4 is 9.47 Å². The highest BCUT2D eigenvalue weighted by Crippen LogP contribution is 2.41. The van der Waals surface area contributed by atoms with Crippen LogP contribution in [-0.4, -0.2) is 43.0 Å². The second-order valence-electron chi connectivity index (χ2n) is 6.27. The number of ether oxygens (including phenoxy) is 4. The van der Waals surface area contributed by atoms with Gasteiger partial charge in [0.05, 0.1) is 20.8 Å². The molecule has 29 heavy (non-hydrogen) atoms. The lowest BCUT2D eigenvalue weighted by atomic mass is 10.1. The number of rotatable bonds is 8. The van der Waals surface area contributed by atoms with E-state index < -0.39 is 11.9 Å². The minimum Gasteiger partial charge on any atom is -0.508 e. The zero-order chi connectivity index (χ0) is 21.6. The summed E-state index contributed by atoms with van der Waals surface area (Å²) in [5.41, 5.74) is 0.313. The number of carbonyl (C=O) groups is 2. The Morgan fingerprint density at radius 3 is 2.34 bits per heavy atom. The van der Waals surface area contributed by atoms with Crippen molar-refractivity contribution >= 4 is 11.9 Å².